The molecule has 1 aromatic rings. The summed E-state index contributed by atoms with van der Waals surface area (Å²) in [5, 5.41) is 2.58. The van der Waals surface area contributed by atoms with Crippen LogP contribution in [0.15, 0.2) is 18.2 Å². The number of nitrogens with one attached hydrogen (secondary N) is 1. The monoisotopic (exact) mass is 326 g/mol. The SMILES string of the molecule is O=C(CCN1CCC2(CC1)OCCO2)Nc1ccc(F)c(F)c1. The van der Waals surface area contributed by atoms with E-state index in [9.17, 15) is 13.6 Å². The molecule has 5 nitrogen and oxygen atoms in total. The molecule has 2 heterocycles. The fourth-order valence-electron chi connectivity index (χ4n) is 2.96. The number of likely N-dealkylation sites (tertiary alicyclic amines) is 1. The Hall–Kier alpha value is -1.57. The predicted molar refractivity (Wildman–Crippen MR) is 79.9 cm³/mol. The third-order valence-electron chi connectivity index (χ3n) is 4.29. The third-order valence-corrected chi connectivity index (χ3v) is 4.29. The number of carbonyl (C=O) groups is 1. The highest BCUT2D eigenvalue weighted by Crippen LogP contribution is 2.31. The van der Waals surface area contributed by atoms with Gasteiger partial charge in [0.1, 0.15) is 0 Å². The van der Waals surface area contributed by atoms with Crippen LogP contribution in [0.4, 0.5) is 14.5 Å². The molecule has 1 spiro atoms. The van der Waals surface area contributed by atoms with Crippen molar-refractivity contribution in [1.82, 2.24) is 4.90 Å². The van der Waals surface area contributed by atoms with Crippen LogP contribution in [0.5, 0.6) is 0 Å². The minimum Gasteiger partial charge on any atom is -0.347 e. The van der Waals surface area contributed by atoms with Gasteiger partial charge < -0.3 is 19.7 Å². The van der Waals surface area contributed by atoms with Crippen LogP contribution in [0.3, 0.4) is 0 Å². The van der Waals surface area contributed by atoms with Crippen LogP contribution < -0.4 is 5.32 Å². The number of hydrogen-bond acceptors (Lipinski definition) is 4. The second-order valence-electron chi connectivity index (χ2n) is 5.88. The van der Waals surface area contributed by atoms with Crippen molar-refractivity contribution in [2.24, 2.45) is 0 Å². The summed E-state index contributed by atoms with van der Waals surface area (Å²) in [4.78, 5) is 14.1. The summed E-state index contributed by atoms with van der Waals surface area (Å²) >= 11 is 0. The summed E-state index contributed by atoms with van der Waals surface area (Å²) in [6.45, 7) is 3.55. The van der Waals surface area contributed by atoms with Crippen molar-refractivity contribution in [3.8, 4) is 0 Å². The molecule has 0 atom stereocenters. The molecule has 7 heteroatoms. The molecule has 2 aliphatic heterocycles. The first-order valence-electron chi connectivity index (χ1n) is 7.82. The van der Waals surface area contributed by atoms with E-state index in [1.165, 1.54) is 6.07 Å². The van der Waals surface area contributed by atoms with Gasteiger partial charge in [-0.05, 0) is 12.1 Å². The highest BCUT2D eigenvalue weighted by molar-refractivity contribution is 5.90. The summed E-state index contributed by atoms with van der Waals surface area (Å²) in [6.07, 6.45) is 1.91. The van der Waals surface area contributed by atoms with E-state index in [4.69, 9.17) is 9.47 Å². The number of anilines is 1. The Morgan fingerprint density at radius 1 is 1.17 bits per heavy atom. The molecule has 126 valence electrons. The molecule has 0 saturated carbocycles. The lowest BCUT2D eigenvalue weighted by Gasteiger charge is -2.37. The molecule has 0 aliphatic carbocycles. The number of hydrogen-bond donors (Lipinski definition) is 1. The number of nitrogens with zero attached hydrogens (tertiary/aromatic N) is 1. The minimum atomic E-state index is -0.972. The van der Waals surface area contributed by atoms with E-state index in [0.29, 0.717) is 26.2 Å². The molecule has 1 aromatic carbocycles. The summed E-state index contributed by atoms with van der Waals surface area (Å²) in [5.41, 5.74) is 0.263. The van der Waals surface area contributed by atoms with E-state index >= 15 is 0 Å². The van der Waals surface area contributed by atoms with Gasteiger partial charge in [0, 0.05) is 50.7 Å². The maximum Gasteiger partial charge on any atom is 0.225 e. The zero-order chi connectivity index (χ0) is 16.3. The molecule has 1 amide bonds. The highest BCUT2D eigenvalue weighted by Gasteiger charge is 2.39. The molecule has 1 N–H and O–H groups in total. The van der Waals surface area contributed by atoms with E-state index < -0.39 is 17.4 Å². The Balaban J connectivity index is 1.42. The van der Waals surface area contributed by atoms with Crippen LogP contribution >= 0.6 is 0 Å². The lowest BCUT2D eigenvalue weighted by atomic mass is 10.0. The molecule has 2 aliphatic rings. The Bertz CT molecular complexity index is 566. The van der Waals surface area contributed by atoms with Crippen LogP contribution in [0.25, 0.3) is 0 Å². The van der Waals surface area contributed by atoms with Crippen molar-refractivity contribution in [2.75, 3.05) is 38.2 Å². The van der Waals surface area contributed by atoms with Crippen molar-refractivity contribution in [3.05, 3.63) is 29.8 Å². The largest absolute Gasteiger partial charge is 0.347 e. The van der Waals surface area contributed by atoms with E-state index in [0.717, 1.165) is 38.1 Å². The van der Waals surface area contributed by atoms with Gasteiger partial charge in [-0.1, -0.05) is 0 Å². The van der Waals surface area contributed by atoms with Gasteiger partial charge in [-0.25, -0.2) is 8.78 Å². The fraction of sp³-hybridized carbons (Fsp3) is 0.562. The van der Waals surface area contributed by atoms with Gasteiger partial charge in [-0.2, -0.15) is 0 Å². The summed E-state index contributed by atoms with van der Waals surface area (Å²) < 4.78 is 37.3. The van der Waals surface area contributed by atoms with Crippen LogP contribution in [0, 0.1) is 11.6 Å². The van der Waals surface area contributed by atoms with Gasteiger partial charge in [0.15, 0.2) is 17.4 Å². The summed E-state index contributed by atoms with van der Waals surface area (Å²) in [5.74, 6) is -2.53. The van der Waals surface area contributed by atoms with Crippen molar-refractivity contribution < 1.29 is 23.0 Å². The van der Waals surface area contributed by atoms with Gasteiger partial charge in [0.25, 0.3) is 0 Å². The van der Waals surface area contributed by atoms with Gasteiger partial charge >= 0.3 is 0 Å². The average molecular weight is 326 g/mol. The van der Waals surface area contributed by atoms with Crippen molar-refractivity contribution in [2.45, 2.75) is 25.0 Å². The van der Waals surface area contributed by atoms with Gasteiger partial charge in [0.2, 0.25) is 5.91 Å². The first kappa shape index (κ1) is 16.3. The number of amides is 1. The first-order valence-corrected chi connectivity index (χ1v) is 7.82. The van der Waals surface area contributed by atoms with Gasteiger partial charge in [-0.3, -0.25) is 4.79 Å². The highest BCUT2D eigenvalue weighted by atomic mass is 19.2. The molecule has 23 heavy (non-hydrogen) atoms. The van der Waals surface area contributed by atoms with Crippen LogP contribution in [-0.4, -0.2) is 49.4 Å². The molecule has 2 saturated heterocycles. The summed E-state index contributed by atoms with van der Waals surface area (Å²) in [7, 11) is 0. The van der Waals surface area contributed by atoms with Crippen molar-refractivity contribution in [1.29, 1.82) is 0 Å². The number of carbonyl (C=O) groups excluding carboxylic acids is 1. The Morgan fingerprint density at radius 3 is 2.52 bits per heavy atom. The summed E-state index contributed by atoms with van der Waals surface area (Å²) in [6, 6.07) is 3.32. The normalized spacial score (nSPS) is 20.8. The zero-order valence-corrected chi connectivity index (χ0v) is 12.8. The molecular formula is C16H20F2N2O3. The Kier molecular flexibility index (Phi) is 4.89. The third kappa shape index (κ3) is 4.04. The number of benzene rings is 1. The van der Waals surface area contributed by atoms with Crippen molar-refractivity contribution in [3.63, 3.8) is 0 Å². The number of halogens is 2. The van der Waals surface area contributed by atoms with Gasteiger partial charge in [-0.15, -0.1) is 0 Å². The standard InChI is InChI=1S/C16H20F2N2O3/c17-13-2-1-12(11-14(13)18)19-15(21)3-6-20-7-4-16(5-8-20)22-9-10-23-16/h1-2,11H,3-10H2,(H,19,21). The predicted octanol–water partition coefficient (Wildman–Crippen LogP) is 2.13. The maximum absolute atomic E-state index is 13.1. The lowest BCUT2D eigenvalue weighted by molar-refractivity contribution is -0.185. The number of rotatable bonds is 4. The molecule has 0 bridgehead atoms. The molecular weight excluding hydrogens is 306 g/mol. The molecule has 2 fully saturated rings. The molecule has 0 unspecified atom stereocenters. The molecule has 0 aromatic heterocycles. The lowest BCUT2D eigenvalue weighted by Crippen LogP contribution is -2.45. The van der Waals surface area contributed by atoms with E-state index in [-0.39, 0.29) is 11.6 Å². The second-order valence-corrected chi connectivity index (χ2v) is 5.88. The average Bonchev–Trinajstić information content (AvgIpc) is 2.99. The number of piperidine rings is 1. The Morgan fingerprint density at radius 2 is 1.87 bits per heavy atom. The zero-order valence-electron chi connectivity index (χ0n) is 12.8. The smallest absolute Gasteiger partial charge is 0.225 e. The van der Waals surface area contributed by atoms with Crippen LogP contribution in [0.2, 0.25) is 0 Å². The maximum atomic E-state index is 13.1. The molecule has 0 radical (unpaired) electrons. The second kappa shape index (κ2) is 6.90. The molecule has 3 rings (SSSR count). The van der Waals surface area contributed by atoms with E-state index in [1.807, 2.05) is 0 Å². The quantitative estimate of drug-likeness (QED) is 0.921. The van der Waals surface area contributed by atoms with Crippen LogP contribution in [-0.2, 0) is 14.3 Å². The van der Waals surface area contributed by atoms with E-state index in [1.54, 1.807) is 0 Å². The Labute approximate surface area is 133 Å². The van der Waals surface area contributed by atoms with E-state index in [2.05, 4.69) is 10.2 Å². The minimum absolute atomic E-state index is 0.218. The topological polar surface area (TPSA) is 50.8 Å². The fourth-order valence-corrected chi connectivity index (χ4v) is 2.96. The van der Waals surface area contributed by atoms with Crippen LogP contribution in [0.1, 0.15) is 19.3 Å². The number of ether oxygens (including phenoxy) is 2. The van der Waals surface area contributed by atoms with Gasteiger partial charge in [0.05, 0.1) is 13.2 Å². The van der Waals surface area contributed by atoms with Crippen molar-refractivity contribution >= 4 is 11.6 Å². The first-order chi connectivity index (χ1) is 11.1.